The van der Waals surface area contributed by atoms with E-state index in [9.17, 15) is 0 Å². The normalized spacial score (nSPS) is 17.8. The van der Waals surface area contributed by atoms with Gasteiger partial charge in [0.1, 0.15) is 5.75 Å². The van der Waals surface area contributed by atoms with Crippen LogP contribution in [-0.2, 0) is 0 Å². The Morgan fingerprint density at radius 2 is 2.11 bits per heavy atom. The van der Waals surface area contributed by atoms with Crippen LogP contribution < -0.4 is 10.5 Å². The second-order valence-corrected chi connectivity index (χ2v) is 5.84. The lowest BCUT2D eigenvalue weighted by Crippen LogP contribution is -2.22. The second kappa shape index (κ2) is 5.64. The lowest BCUT2D eigenvalue weighted by atomic mass is 9.97. The number of ether oxygens (including phenoxy) is 1. The number of nitrogens with two attached hydrogens (primary N) is 1. The Bertz CT molecular complexity index is 452. The van der Waals surface area contributed by atoms with Gasteiger partial charge >= 0.3 is 0 Å². The van der Waals surface area contributed by atoms with Crippen molar-refractivity contribution in [1.82, 2.24) is 0 Å². The SMILES string of the molecule is CCC(C)c1ccccc1OCC1(CC(=N)N)CC1. The summed E-state index contributed by atoms with van der Waals surface area (Å²) in [5.41, 5.74) is 6.93. The zero-order chi connectivity index (χ0) is 13.9. The molecule has 3 heteroatoms. The van der Waals surface area contributed by atoms with Crippen molar-refractivity contribution in [2.45, 2.75) is 45.4 Å². The van der Waals surface area contributed by atoms with Crippen molar-refractivity contribution in [3.8, 4) is 5.75 Å². The summed E-state index contributed by atoms with van der Waals surface area (Å²) in [4.78, 5) is 0. The second-order valence-electron chi connectivity index (χ2n) is 5.84. The molecular weight excluding hydrogens is 236 g/mol. The van der Waals surface area contributed by atoms with Crippen LogP contribution in [0.4, 0.5) is 0 Å². The van der Waals surface area contributed by atoms with E-state index in [1.54, 1.807) is 0 Å². The topological polar surface area (TPSA) is 59.1 Å². The quantitative estimate of drug-likeness (QED) is 0.580. The number of hydrogen-bond donors (Lipinski definition) is 2. The first kappa shape index (κ1) is 13.9. The van der Waals surface area contributed by atoms with Crippen LogP contribution in [0.5, 0.6) is 5.75 Å². The standard InChI is InChI=1S/C16H24N2O/c1-3-12(2)13-6-4-5-7-14(13)19-11-16(8-9-16)10-15(17)18/h4-7,12H,3,8-11H2,1-2H3,(H3,17,18). The summed E-state index contributed by atoms with van der Waals surface area (Å²) in [6.07, 6.45) is 4.02. The Balaban J connectivity index is 2.02. The molecule has 1 aromatic carbocycles. The van der Waals surface area contributed by atoms with E-state index in [2.05, 4.69) is 26.0 Å². The lowest BCUT2D eigenvalue weighted by molar-refractivity contribution is 0.235. The molecule has 1 saturated carbocycles. The summed E-state index contributed by atoms with van der Waals surface area (Å²) in [5.74, 6) is 1.78. The number of benzene rings is 1. The molecule has 0 aliphatic heterocycles. The number of amidine groups is 1. The van der Waals surface area contributed by atoms with Crippen molar-refractivity contribution in [2.75, 3.05) is 6.61 Å². The third-order valence-electron chi connectivity index (χ3n) is 4.12. The molecule has 0 radical (unpaired) electrons. The molecule has 3 nitrogen and oxygen atoms in total. The summed E-state index contributed by atoms with van der Waals surface area (Å²) in [6.45, 7) is 5.10. The average Bonchev–Trinajstić information content (AvgIpc) is 3.15. The van der Waals surface area contributed by atoms with Crippen LogP contribution in [0.1, 0.15) is 51.0 Å². The van der Waals surface area contributed by atoms with Gasteiger partial charge in [-0.25, -0.2) is 0 Å². The van der Waals surface area contributed by atoms with Crippen LogP contribution >= 0.6 is 0 Å². The Hall–Kier alpha value is -1.51. The minimum Gasteiger partial charge on any atom is -0.493 e. The molecule has 104 valence electrons. The van der Waals surface area contributed by atoms with E-state index in [1.165, 1.54) is 5.56 Å². The molecule has 0 saturated heterocycles. The molecule has 1 aliphatic carbocycles. The number of hydrogen-bond acceptors (Lipinski definition) is 2. The monoisotopic (exact) mass is 260 g/mol. The predicted molar refractivity (Wildman–Crippen MR) is 78.8 cm³/mol. The van der Waals surface area contributed by atoms with Crippen LogP contribution in [-0.4, -0.2) is 12.4 Å². The number of para-hydroxylation sites is 1. The first-order valence-corrected chi connectivity index (χ1v) is 7.11. The highest BCUT2D eigenvalue weighted by molar-refractivity contribution is 5.78. The zero-order valence-corrected chi connectivity index (χ0v) is 11.9. The van der Waals surface area contributed by atoms with Gasteiger partial charge in [-0.3, -0.25) is 5.41 Å². The number of nitrogens with one attached hydrogen (secondary N) is 1. The molecule has 0 amide bonds. The molecule has 1 fully saturated rings. The molecule has 2 rings (SSSR count). The summed E-state index contributed by atoms with van der Waals surface area (Å²) < 4.78 is 6.04. The molecule has 0 spiro atoms. The van der Waals surface area contributed by atoms with Crippen molar-refractivity contribution in [3.63, 3.8) is 0 Å². The molecule has 0 aromatic heterocycles. The molecule has 1 aromatic rings. The fraction of sp³-hybridized carbons (Fsp3) is 0.562. The Morgan fingerprint density at radius 1 is 1.42 bits per heavy atom. The van der Waals surface area contributed by atoms with Crippen LogP contribution in [0.15, 0.2) is 24.3 Å². The molecule has 0 bridgehead atoms. The van der Waals surface area contributed by atoms with E-state index in [-0.39, 0.29) is 11.3 Å². The largest absolute Gasteiger partial charge is 0.493 e. The van der Waals surface area contributed by atoms with Crippen molar-refractivity contribution < 1.29 is 4.74 Å². The average molecular weight is 260 g/mol. The van der Waals surface area contributed by atoms with Gasteiger partial charge in [-0.2, -0.15) is 0 Å². The first-order valence-electron chi connectivity index (χ1n) is 7.11. The van der Waals surface area contributed by atoms with Gasteiger partial charge in [-0.05, 0) is 36.8 Å². The van der Waals surface area contributed by atoms with Gasteiger partial charge in [0.05, 0.1) is 12.4 Å². The van der Waals surface area contributed by atoms with E-state index in [0.717, 1.165) is 25.0 Å². The van der Waals surface area contributed by atoms with Gasteiger partial charge in [0.25, 0.3) is 0 Å². The fourth-order valence-electron chi connectivity index (χ4n) is 2.42. The first-order chi connectivity index (χ1) is 9.06. The van der Waals surface area contributed by atoms with E-state index < -0.39 is 0 Å². The molecule has 3 N–H and O–H groups in total. The number of rotatable bonds is 7. The maximum absolute atomic E-state index is 7.44. The highest BCUT2D eigenvalue weighted by Crippen LogP contribution is 2.49. The van der Waals surface area contributed by atoms with Crippen molar-refractivity contribution in [1.29, 1.82) is 5.41 Å². The van der Waals surface area contributed by atoms with Gasteiger partial charge in [0.2, 0.25) is 0 Å². The molecule has 1 unspecified atom stereocenters. The Kier molecular flexibility index (Phi) is 4.13. The summed E-state index contributed by atoms with van der Waals surface area (Å²) in [6, 6.07) is 8.28. The Morgan fingerprint density at radius 3 is 2.68 bits per heavy atom. The predicted octanol–water partition coefficient (Wildman–Crippen LogP) is 3.69. The molecular formula is C16H24N2O. The zero-order valence-electron chi connectivity index (χ0n) is 11.9. The third kappa shape index (κ3) is 3.49. The van der Waals surface area contributed by atoms with Crippen molar-refractivity contribution in [2.24, 2.45) is 11.1 Å². The van der Waals surface area contributed by atoms with Crippen LogP contribution in [0.25, 0.3) is 0 Å². The molecule has 19 heavy (non-hydrogen) atoms. The molecule has 1 aliphatic rings. The van der Waals surface area contributed by atoms with Gasteiger partial charge < -0.3 is 10.5 Å². The highest BCUT2D eigenvalue weighted by atomic mass is 16.5. The summed E-state index contributed by atoms with van der Waals surface area (Å²) in [7, 11) is 0. The maximum atomic E-state index is 7.44. The van der Waals surface area contributed by atoms with E-state index in [4.69, 9.17) is 15.9 Å². The molecule has 1 atom stereocenters. The van der Waals surface area contributed by atoms with Gasteiger partial charge in [-0.15, -0.1) is 0 Å². The maximum Gasteiger partial charge on any atom is 0.122 e. The van der Waals surface area contributed by atoms with Crippen LogP contribution in [0.2, 0.25) is 0 Å². The minimum absolute atomic E-state index is 0.133. The van der Waals surface area contributed by atoms with Gasteiger partial charge in [0.15, 0.2) is 0 Å². The third-order valence-corrected chi connectivity index (χ3v) is 4.12. The minimum atomic E-state index is 0.133. The summed E-state index contributed by atoms with van der Waals surface area (Å²) >= 11 is 0. The fourth-order valence-corrected chi connectivity index (χ4v) is 2.42. The van der Waals surface area contributed by atoms with Crippen molar-refractivity contribution >= 4 is 5.84 Å². The van der Waals surface area contributed by atoms with E-state index in [0.29, 0.717) is 18.9 Å². The van der Waals surface area contributed by atoms with Crippen molar-refractivity contribution in [3.05, 3.63) is 29.8 Å². The highest BCUT2D eigenvalue weighted by Gasteiger charge is 2.44. The Labute approximate surface area is 115 Å². The summed E-state index contributed by atoms with van der Waals surface area (Å²) in [5, 5.41) is 7.44. The van der Waals surface area contributed by atoms with Crippen LogP contribution in [0.3, 0.4) is 0 Å². The smallest absolute Gasteiger partial charge is 0.122 e. The van der Waals surface area contributed by atoms with Crippen LogP contribution in [0, 0.1) is 10.8 Å². The molecule has 0 heterocycles. The van der Waals surface area contributed by atoms with Gasteiger partial charge in [-0.1, -0.05) is 32.0 Å². The van der Waals surface area contributed by atoms with E-state index in [1.807, 2.05) is 12.1 Å². The van der Waals surface area contributed by atoms with E-state index >= 15 is 0 Å². The lowest BCUT2D eigenvalue weighted by Gasteiger charge is -2.19. The van der Waals surface area contributed by atoms with Gasteiger partial charge in [0, 0.05) is 11.8 Å².